The molecule has 0 spiro atoms. The van der Waals surface area contributed by atoms with Crippen molar-refractivity contribution in [3.63, 3.8) is 0 Å². The van der Waals surface area contributed by atoms with Crippen molar-refractivity contribution < 1.29 is 27.9 Å². The van der Waals surface area contributed by atoms with Gasteiger partial charge in [0.05, 0.1) is 22.4 Å². The number of carboxylic acids is 1. The van der Waals surface area contributed by atoms with Crippen molar-refractivity contribution >= 4 is 29.3 Å². The molecular weight excluding hydrogens is 343 g/mol. The van der Waals surface area contributed by atoms with E-state index in [-0.39, 0.29) is 5.56 Å². The van der Waals surface area contributed by atoms with E-state index in [9.17, 15) is 22.8 Å². The second kappa shape index (κ2) is 6.96. The fourth-order valence-electron chi connectivity index (χ4n) is 2.03. The van der Waals surface area contributed by atoms with Crippen LogP contribution in [0.2, 0.25) is 0 Å². The van der Waals surface area contributed by atoms with E-state index in [0.29, 0.717) is 17.0 Å². The van der Waals surface area contributed by atoms with E-state index in [1.165, 1.54) is 17.8 Å². The summed E-state index contributed by atoms with van der Waals surface area (Å²) in [6, 6.07) is 8.62. The van der Waals surface area contributed by atoms with E-state index in [1.54, 1.807) is 24.5 Å². The summed E-state index contributed by atoms with van der Waals surface area (Å²) in [5.74, 6) is -2.11. The van der Waals surface area contributed by atoms with E-state index < -0.39 is 34.9 Å². The minimum atomic E-state index is -4.65. The quantitative estimate of drug-likeness (QED) is 0.799. The maximum Gasteiger partial charge on any atom is 0.416 e. The molecule has 0 atom stereocenters. The molecule has 0 radical (unpaired) electrons. The summed E-state index contributed by atoms with van der Waals surface area (Å²) in [7, 11) is 0. The highest BCUT2D eigenvalue weighted by Gasteiger charge is 2.32. The van der Waals surface area contributed by atoms with E-state index in [0.717, 1.165) is 6.07 Å². The predicted molar refractivity (Wildman–Crippen MR) is 84.6 cm³/mol. The summed E-state index contributed by atoms with van der Waals surface area (Å²) in [6.45, 7) is 0. The number of benzene rings is 2. The van der Waals surface area contributed by atoms with Gasteiger partial charge in [-0.15, -0.1) is 11.8 Å². The van der Waals surface area contributed by atoms with Gasteiger partial charge in [0.25, 0.3) is 5.91 Å². The SMILES string of the molecule is CSc1ccccc1C(=O)Nc1cc(C(F)(F)F)ccc1C(=O)O. The number of amides is 1. The van der Waals surface area contributed by atoms with Gasteiger partial charge in [-0.3, -0.25) is 4.79 Å². The van der Waals surface area contributed by atoms with Gasteiger partial charge < -0.3 is 10.4 Å². The number of thioether (sulfide) groups is 1. The van der Waals surface area contributed by atoms with Crippen LogP contribution in [0.4, 0.5) is 18.9 Å². The van der Waals surface area contributed by atoms with Crippen LogP contribution in [0.5, 0.6) is 0 Å². The number of carbonyl (C=O) groups excluding carboxylic acids is 1. The average molecular weight is 355 g/mol. The number of nitrogens with one attached hydrogen (secondary N) is 1. The van der Waals surface area contributed by atoms with Crippen molar-refractivity contribution in [1.29, 1.82) is 0 Å². The maximum absolute atomic E-state index is 12.8. The molecule has 2 aromatic carbocycles. The highest BCUT2D eigenvalue weighted by atomic mass is 32.2. The third-order valence-corrected chi connectivity index (χ3v) is 3.97. The third-order valence-electron chi connectivity index (χ3n) is 3.18. The fraction of sp³-hybridized carbons (Fsp3) is 0.125. The molecule has 4 nitrogen and oxygen atoms in total. The Bertz CT molecular complexity index is 790. The predicted octanol–water partition coefficient (Wildman–Crippen LogP) is 4.38. The largest absolute Gasteiger partial charge is 0.478 e. The number of anilines is 1. The highest BCUT2D eigenvalue weighted by molar-refractivity contribution is 7.98. The Labute approximate surface area is 139 Å². The number of halogens is 3. The summed E-state index contributed by atoms with van der Waals surface area (Å²) in [5, 5.41) is 11.4. The average Bonchev–Trinajstić information content (AvgIpc) is 2.53. The van der Waals surface area contributed by atoms with Gasteiger partial charge in [0.1, 0.15) is 0 Å². The Hall–Kier alpha value is -2.48. The monoisotopic (exact) mass is 355 g/mol. The summed E-state index contributed by atoms with van der Waals surface area (Å²) in [4.78, 5) is 24.1. The highest BCUT2D eigenvalue weighted by Crippen LogP contribution is 2.32. The Morgan fingerprint density at radius 3 is 2.33 bits per heavy atom. The van der Waals surface area contributed by atoms with Gasteiger partial charge in [0.15, 0.2) is 0 Å². The first-order chi connectivity index (χ1) is 11.2. The van der Waals surface area contributed by atoms with Crippen molar-refractivity contribution in [3.05, 3.63) is 59.2 Å². The molecule has 0 aliphatic rings. The third kappa shape index (κ3) is 3.88. The zero-order valence-electron chi connectivity index (χ0n) is 12.3. The molecule has 1 amide bonds. The minimum absolute atomic E-state index is 0.249. The summed E-state index contributed by atoms with van der Waals surface area (Å²) in [6.07, 6.45) is -2.90. The lowest BCUT2D eigenvalue weighted by molar-refractivity contribution is -0.137. The van der Waals surface area contributed by atoms with Crippen LogP contribution in [0.15, 0.2) is 47.4 Å². The molecule has 0 aliphatic carbocycles. The lowest BCUT2D eigenvalue weighted by Crippen LogP contribution is -2.17. The zero-order chi connectivity index (χ0) is 17.9. The maximum atomic E-state index is 12.8. The van der Waals surface area contributed by atoms with Gasteiger partial charge >= 0.3 is 12.1 Å². The van der Waals surface area contributed by atoms with Crippen LogP contribution >= 0.6 is 11.8 Å². The molecule has 0 aliphatic heterocycles. The van der Waals surface area contributed by atoms with Gasteiger partial charge in [-0.05, 0) is 36.6 Å². The van der Waals surface area contributed by atoms with Crippen molar-refractivity contribution in [2.24, 2.45) is 0 Å². The van der Waals surface area contributed by atoms with E-state index in [2.05, 4.69) is 5.32 Å². The molecule has 2 rings (SSSR count). The van der Waals surface area contributed by atoms with Crippen molar-refractivity contribution in [2.75, 3.05) is 11.6 Å². The van der Waals surface area contributed by atoms with Gasteiger partial charge in [0, 0.05) is 4.90 Å². The van der Waals surface area contributed by atoms with Gasteiger partial charge in [-0.1, -0.05) is 12.1 Å². The summed E-state index contributed by atoms with van der Waals surface area (Å²) < 4.78 is 38.4. The molecule has 8 heteroatoms. The van der Waals surface area contributed by atoms with Crippen LogP contribution in [0.1, 0.15) is 26.3 Å². The molecule has 2 aromatic rings. The minimum Gasteiger partial charge on any atom is -0.478 e. The number of hydrogen-bond acceptors (Lipinski definition) is 3. The standard InChI is InChI=1S/C16H12F3NO3S/c1-24-13-5-3-2-4-11(13)14(21)20-12-8-9(16(17,18)19)6-7-10(12)15(22)23/h2-8H,1H3,(H,20,21)(H,22,23). The van der Waals surface area contributed by atoms with Crippen LogP contribution in [0.3, 0.4) is 0 Å². The van der Waals surface area contributed by atoms with E-state index >= 15 is 0 Å². The first-order valence-corrected chi connectivity index (χ1v) is 7.85. The lowest BCUT2D eigenvalue weighted by Gasteiger charge is -2.13. The van der Waals surface area contributed by atoms with Crippen molar-refractivity contribution in [3.8, 4) is 0 Å². The lowest BCUT2D eigenvalue weighted by atomic mass is 10.1. The molecule has 24 heavy (non-hydrogen) atoms. The van der Waals surface area contributed by atoms with Gasteiger partial charge in [-0.2, -0.15) is 13.2 Å². The normalized spacial score (nSPS) is 11.2. The van der Waals surface area contributed by atoms with Crippen LogP contribution in [0, 0.1) is 0 Å². The topological polar surface area (TPSA) is 66.4 Å². The number of carboxylic acid groups (broad SMARTS) is 1. The van der Waals surface area contributed by atoms with Crippen LogP contribution < -0.4 is 5.32 Å². The molecule has 0 fully saturated rings. The Kier molecular flexibility index (Phi) is 5.18. The number of alkyl halides is 3. The number of hydrogen-bond donors (Lipinski definition) is 2. The van der Waals surface area contributed by atoms with Crippen LogP contribution in [-0.2, 0) is 6.18 Å². The second-order valence-corrected chi connectivity index (χ2v) is 5.57. The number of rotatable bonds is 4. The molecule has 0 saturated carbocycles. The number of carbonyl (C=O) groups is 2. The molecule has 2 N–H and O–H groups in total. The second-order valence-electron chi connectivity index (χ2n) is 4.72. The Morgan fingerprint density at radius 2 is 1.75 bits per heavy atom. The van der Waals surface area contributed by atoms with E-state index in [4.69, 9.17) is 5.11 Å². The van der Waals surface area contributed by atoms with E-state index in [1.807, 2.05) is 0 Å². The fourth-order valence-corrected chi connectivity index (χ4v) is 2.63. The molecule has 0 bridgehead atoms. The molecule has 0 heterocycles. The van der Waals surface area contributed by atoms with Crippen LogP contribution in [-0.4, -0.2) is 23.2 Å². The van der Waals surface area contributed by atoms with Crippen molar-refractivity contribution in [1.82, 2.24) is 0 Å². The summed E-state index contributed by atoms with van der Waals surface area (Å²) in [5.41, 5.74) is -1.61. The zero-order valence-corrected chi connectivity index (χ0v) is 13.2. The number of aromatic carboxylic acids is 1. The molecule has 126 valence electrons. The molecule has 0 saturated heterocycles. The first kappa shape index (κ1) is 17.9. The Balaban J connectivity index is 2.43. The summed E-state index contributed by atoms with van der Waals surface area (Å²) >= 11 is 1.30. The smallest absolute Gasteiger partial charge is 0.416 e. The molecule has 0 unspecified atom stereocenters. The van der Waals surface area contributed by atoms with Crippen molar-refractivity contribution in [2.45, 2.75) is 11.1 Å². The molecule has 0 aromatic heterocycles. The van der Waals surface area contributed by atoms with Gasteiger partial charge in [0.2, 0.25) is 0 Å². The Morgan fingerprint density at radius 1 is 1.08 bits per heavy atom. The van der Waals surface area contributed by atoms with Crippen LogP contribution in [0.25, 0.3) is 0 Å². The molecular formula is C16H12F3NO3S. The van der Waals surface area contributed by atoms with Gasteiger partial charge in [-0.25, -0.2) is 4.79 Å². The first-order valence-electron chi connectivity index (χ1n) is 6.63.